The summed E-state index contributed by atoms with van der Waals surface area (Å²) in [5, 5.41) is 13.7. The predicted octanol–water partition coefficient (Wildman–Crippen LogP) is 4.31. The van der Waals surface area contributed by atoms with E-state index in [0.29, 0.717) is 52.7 Å². The van der Waals surface area contributed by atoms with Gasteiger partial charge in [-0.25, -0.2) is 18.5 Å². The van der Waals surface area contributed by atoms with Crippen LogP contribution in [0, 0.1) is 0 Å². The molecular formula is C25H27ClN6O3S. The van der Waals surface area contributed by atoms with E-state index in [1.165, 1.54) is 0 Å². The molecule has 0 radical (unpaired) electrons. The van der Waals surface area contributed by atoms with Gasteiger partial charge >= 0.3 is 0 Å². The van der Waals surface area contributed by atoms with Crippen molar-refractivity contribution in [3.05, 3.63) is 59.9 Å². The van der Waals surface area contributed by atoms with E-state index in [1.807, 2.05) is 48.7 Å². The molecule has 11 heteroatoms. The van der Waals surface area contributed by atoms with E-state index < -0.39 is 9.73 Å². The van der Waals surface area contributed by atoms with Crippen LogP contribution in [0.5, 0.6) is 5.75 Å². The molecule has 0 spiro atoms. The summed E-state index contributed by atoms with van der Waals surface area (Å²) in [4.78, 5) is 14.5. The fourth-order valence-electron chi connectivity index (χ4n) is 4.30. The lowest BCUT2D eigenvalue weighted by atomic mass is 10.1. The van der Waals surface area contributed by atoms with Crippen molar-refractivity contribution in [2.75, 3.05) is 55.1 Å². The number of para-hydroxylation sites is 1. The largest absolute Gasteiger partial charge is 0.494 e. The number of nitrogens with one attached hydrogen (secondary N) is 2. The smallest absolute Gasteiger partial charge is 0.227 e. The number of methoxy groups -OCH3 is 1. The first-order valence-electron chi connectivity index (χ1n) is 11.6. The van der Waals surface area contributed by atoms with Gasteiger partial charge in [0.1, 0.15) is 5.75 Å². The third-order valence-corrected chi connectivity index (χ3v) is 8.74. The molecule has 1 aliphatic heterocycles. The van der Waals surface area contributed by atoms with Crippen molar-refractivity contribution in [1.29, 1.82) is 0 Å². The molecule has 0 atom stereocenters. The van der Waals surface area contributed by atoms with Crippen molar-refractivity contribution in [3.8, 4) is 17.0 Å². The van der Waals surface area contributed by atoms with Gasteiger partial charge in [0.15, 0.2) is 0 Å². The average molecular weight is 527 g/mol. The molecule has 1 saturated heterocycles. The number of aliphatic hydroxyl groups is 1. The number of benzene rings is 2. The Hall–Kier alpha value is -3.34. The van der Waals surface area contributed by atoms with Crippen LogP contribution in [0.3, 0.4) is 0 Å². The molecule has 3 heterocycles. The van der Waals surface area contributed by atoms with E-state index in [1.54, 1.807) is 13.3 Å². The van der Waals surface area contributed by atoms with Crippen LogP contribution in [0.2, 0.25) is 5.02 Å². The van der Waals surface area contributed by atoms with Gasteiger partial charge in [-0.1, -0.05) is 29.8 Å². The standard InChI is InChI=1S/C25H27ClN6O3S/c1-35-23-14-17(32-9-12-36(34,13-10-32)29-8-11-33)6-7-22(23)30-25-28-16-20(26)24(31-25)19-15-27-21-5-3-2-4-18(19)21/h2-7,14-16,27,33H,8-13H2,1H3,(H,28,30,31). The van der Waals surface area contributed by atoms with Crippen molar-refractivity contribution in [3.63, 3.8) is 0 Å². The Morgan fingerprint density at radius 2 is 2.06 bits per heavy atom. The number of rotatable bonds is 7. The van der Waals surface area contributed by atoms with E-state index in [-0.39, 0.29) is 13.2 Å². The van der Waals surface area contributed by atoms with Gasteiger partial charge in [-0.3, -0.25) is 0 Å². The molecule has 36 heavy (non-hydrogen) atoms. The number of fused-ring (bicyclic) bond motifs is 1. The van der Waals surface area contributed by atoms with Crippen LogP contribution >= 0.6 is 11.6 Å². The first-order valence-corrected chi connectivity index (χ1v) is 13.8. The van der Waals surface area contributed by atoms with Crippen LogP contribution in [0.4, 0.5) is 17.3 Å². The second kappa shape index (κ2) is 10.3. The summed E-state index contributed by atoms with van der Waals surface area (Å²) < 4.78 is 22.6. The zero-order chi connectivity index (χ0) is 25.1. The fourth-order valence-corrected chi connectivity index (χ4v) is 6.38. The zero-order valence-corrected chi connectivity index (χ0v) is 21.3. The van der Waals surface area contributed by atoms with Gasteiger partial charge in [0.25, 0.3) is 0 Å². The second-order valence-corrected chi connectivity index (χ2v) is 11.4. The number of halogens is 1. The first-order chi connectivity index (χ1) is 17.5. The Morgan fingerprint density at radius 1 is 1.25 bits per heavy atom. The lowest BCUT2D eigenvalue weighted by Gasteiger charge is -2.31. The molecule has 2 aromatic heterocycles. The number of aromatic amines is 1. The van der Waals surface area contributed by atoms with Crippen molar-refractivity contribution in [1.82, 2.24) is 15.0 Å². The highest BCUT2D eigenvalue weighted by Gasteiger charge is 2.22. The lowest BCUT2D eigenvalue weighted by molar-refractivity contribution is 0.307. The summed E-state index contributed by atoms with van der Waals surface area (Å²) in [5.41, 5.74) is 4.22. The van der Waals surface area contributed by atoms with Gasteiger partial charge in [0, 0.05) is 59.0 Å². The third kappa shape index (κ3) is 4.97. The zero-order valence-electron chi connectivity index (χ0n) is 19.8. The molecule has 1 fully saturated rings. The number of ether oxygens (including phenoxy) is 1. The Labute approximate surface area is 214 Å². The Morgan fingerprint density at radius 3 is 2.83 bits per heavy atom. The van der Waals surface area contributed by atoms with Crippen LogP contribution in [-0.2, 0) is 9.73 Å². The van der Waals surface area contributed by atoms with Gasteiger partial charge in [-0.15, -0.1) is 0 Å². The van der Waals surface area contributed by atoms with E-state index in [0.717, 1.165) is 22.2 Å². The summed E-state index contributed by atoms with van der Waals surface area (Å²) in [5.74, 6) is 1.99. The number of nitrogens with zero attached hydrogens (tertiary/aromatic N) is 4. The molecule has 0 unspecified atom stereocenters. The molecule has 0 amide bonds. The number of hydrogen-bond acceptors (Lipinski definition) is 8. The van der Waals surface area contributed by atoms with Crippen molar-refractivity contribution in [2.45, 2.75) is 0 Å². The minimum absolute atomic E-state index is 0.0764. The third-order valence-electron chi connectivity index (χ3n) is 6.17. The number of anilines is 3. The Bertz CT molecular complexity index is 1500. The van der Waals surface area contributed by atoms with Crippen LogP contribution < -0.4 is 15.0 Å². The summed E-state index contributed by atoms with van der Waals surface area (Å²) >= 11 is 6.47. The molecular weight excluding hydrogens is 500 g/mol. The molecule has 5 rings (SSSR count). The summed E-state index contributed by atoms with van der Waals surface area (Å²) in [7, 11) is -0.636. The second-order valence-electron chi connectivity index (χ2n) is 8.39. The summed E-state index contributed by atoms with van der Waals surface area (Å²) in [6, 6.07) is 13.8. The molecule has 0 aliphatic carbocycles. The van der Waals surface area contributed by atoms with Gasteiger partial charge in [-0.05, 0) is 18.2 Å². The van der Waals surface area contributed by atoms with E-state index in [4.69, 9.17) is 21.4 Å². The van der Waals surface area contributed by atoms with E-state index in [9.17, 15) is 4.21 Å². The normalized spacial score (nSPS) is 15.1. The van der Waals surface area contributed by atoms with Gasteiger partial charge in [0.05, 0.1) is 52.6 Å². The van der Waals surface area contributed by atoms with Crippen LogP contribution in [-0.4, -0.2) is 69.1 Å². The maximum absolute atomic E-state index is 12.8. The lowest BCUT2D eigenvalue weighted by Crippen LogP contribution is -2.40. The van der Waals surface area contributed by atoms with Gasteiger partial charge < -0.3 is 25.0 Å². The minimum atomic E-state index is -2.25. The highest BCUT2D eigenvalue weighted by Crippen LogP contribution is 2.35. The highest BCUT2D eigenvalue weighted by atomic mass is 35.5. The number of aromatic nitrogens is 3. The van der Waals surface area contributed by atoms with Crippen LogP contribution in [0.15, 0.2) is 59.2 Å². The number of H-pyrrole nitrogens is 1. The SMILES string of the molecule is COc1cc(N2CCS(=O)(=NCCO)CC2)ccc1Nc1ncc(Cl)c(-c2c[nH]c3ccccc23)n1. The minimum Gasteiger partial charge on any atom is -0.494 e. The molecule has 2 aromatic carbocycles. The number of aliphatic hydroxyl groups excluding tert-OH is 1. The quantitative estimate of drug-likeness (QED) is 0.328. The summed E-state index contributed by atoms with van der Waals surface area (Å²) in [6.45, 7) is 1.39. The average Bonchev–Trinajstić information content (AvgIpc) is 3.33. The molecule has 3 N–H and O–H groups in total. The molecule has 0 bridgehead atoms. The highest BCUT2D eigenvalue weighted by molar-refractivity contribution is 7.93. The summed E-state index contributed by atoms with van der Waals surface area (Å²) in [6.07, 6.45) is 3.48. The molecule has 1 aliphatic rings. The van der Waals surface area contributed by atoms with Crippen molar-refractivity contribution >= 4 is 49.6 Å². The maximum atomic E-state index is 12.8. The molecule has 4 aromatic rings. The van der Waals surface area contributed by atoms with Crippen molar-refractivity contribution in [2.24, 2.45) is 4.36 Å². The van der Waals surface area contributed by atoms with Crippen molar-refractivity contribution < 1.29 is 14.1 Å². The maximum Gasteiger partial charge on any atom is 0.227 e. The Kier molecular flexibility index (Phi) is 6.99. The monoisotopic (exact) mass is 526 g/mol. The fraction of sp³-hybridized carbons (Fsp3) is 0.280. The van der Waals surface area contributed by atoms with Gasteiger partial charge in [0.2, 0.25) is 5.95 Å². The predicted molar refractivity (Wildman–Crippen MR) is 145 cm³/mol. The first kappa shape index (κ1) is 24.4. The van der Waals surface area contributed by atoms with Crippen LogP contribution in [0.1, 0.15) is 0 Å². The Balaban J connectivity index is 1.37. The van der Waals surface area contributed by atoms with Gasteiger partial charge in [-0.2, -0.15) is 0 Å². The molecule has 0 saturated carbocycles. The van der Waals surface area contributed by atoms with E-state index in [2.05, 4.69) is 29.5 Å². The number of hydrogen-bond donors (Lipinski definition) is 3. The van der Waals surface area contributed by atoms with E-state index >= 15 is 0 Å². The van der Waals surface area contributed by atoms with Crippen LogP contribution in [0.25, 0.3) is 22.2 Å². The molecule has 188 valence electrons. The molecule has 9 nitrogen and oxygen atoms in total. The topological polar surface area (TPSA) is 116 Å².